The molecule has 2 aliphatic rings. The molecule has 3 heterocycles. The summed E-state index contributed by atoms with van der Waals surface area (Å²) in [6.45, 7) is 3.70. The highest BCUT2D eigenvalue weighted by atomic mass is 32.2. The first kappa shape index (κ1) is 19.3. The van der Waals surface area contributed by atoms with Crippen molar-refractivity contribution in [1.29, 1.82) is 0 Å². The van der Waals surface area contributed by atoms with Crippen LogP contribution in [0.5, 0.6) is 0 Å². The molecule has 148 valence electrons. The number of sulfone groups is 1. The van der Waals surface area contributed by atoms with E-state index in [0.29, 0.717) is 45.0 Å². The third-order valence-electron chi connectivity index (χ3n) is 4.56. The minimum absolute atomic E-state index is 0.0834. The predicted molar refractivity (Wildman–Crippen MR) is 97.2 cm³/mol. The summed E-state index contributed by atoms with van der Waals surface area (Å²) in [7, 11) is -2.97. The third kappa shape index (κ3) is 4.85. The molecule has 2 saturated heterocycles. The van der Waals surface area contributed by atoms with Gasteiger partial charge in [-0.05, 0) is 25.5 Å². The zero-order valence-electron chi connectivity index (χ0n) is 15.1. The van der Waals surface area contributed by atoms with E-state index in [1.807, 2.05) is 0 Å². The second kappa shape index (κ2) is 8.07. The first-order valence-electron chi connectivity index (χ1n) is 8.89. The summed E-state index contributed by atoms with van der Waals surface area (Å²) in [6, 6.07) is 3.01. The molecule has 0 aromatic carbocycles. The van der Waals surface area contributed by atoms with Crippen LogP contribution >= 0.6 is 0 Å². The summed E-state index contributed by atoms with van der Waals surface area (Å²) in [5.41, 5.74) is 0.212. The molecule has 0 spiro atoms. The van der Waals surface area contributed by atoms with Crippen LogP contribution < -0.4 is 5.32 Å². The van der Waals surface area contributed by atoms with E-state index < -0.39 is 9.84 Å². The van der Waals surface area contributed by atoms with Gasteiger partial charge in [-0.25, -0.2) is 13.2 Å². The zero-order valence-corrected chi connectivity index (χ0v) is 15.9. The van der Waals surface area contributed by atoms with E-state index >= 15 is 0 Å². The summed E-state index contributed by atoms with van der Waals surface area (Å²) < 4.78 is 27.9. The van der Waals surface area contributed by atoms with Crippen molar-refractivity contribution in [2.75, 3.05) is 49.6 Å². The first-order valence-corrected chi connectivity index (χ1v) is 10.7. The number of piperazine rings is 1. The summed E-state index contributed by atoms with van der Waals surface area (Å²) >= 11 is 0. The molecule has 10 nitrogen and oxygen atoms in total. The number of nitrogens with one attached hydrogen (secondary N) is 1. The van der Waals surface area contributed by atoms with Gasteiger partial charge in [0.2, 0.25) is 0 Å². The quantitative estimate of drug-likeness (QED) is 0.753. The van der Waals surface area contributed by atoms with Crippen LogP contribution in [0.3, 0.4) is 0 Å². The summed E-state index contributed by atoms with van der Waals surface area (Å²) in [4.78, 5) is 27.4. The minimum Gasteiger partial charge on any atom is -0.450 e. The molecule has 0 saturated carbocycles. The molecule has 1 aromatic heterocycles. The second-order valence-corrected chi connectivity index (χ2v) is 8.76. The Hall–Kier alpha value is -2.43. The zero-order chi connectivity index (χ0) is 19.4. The van der Waals surface area contributed by atoms with Gasteiger partial charge in [0, 0.05) is 32.2 Å². The maximum absolute atomic E-state index is 12.5. The second-order valence-electron chi connectivity index (χ2n) is 6.53. The van der Waals surface area contributed by atoms with Gasteiger partial charge in [-0.15, -0.1) is 10.2 Å². The number of anilines is 1. The van der Waals surface area contributed by atoms with Gasteiger partial charge in [0.1, 0.15) is 5.82 Å². The Labute approximate surface area is 157 Å². The number of ether oxygens (including phenoxy) is 1. The van der Waals surface area contributed by atoms with Crippen LogP contribution in [-0.4, -0.2) is 90.7 Å². The first-order chi connectivity index (χ1) is 12.9. The van der Waals surface area contributed by atoms with Crippen LogP contribution in [-0.2, 0) is 14.6 Å². The largest absolute Gasteiger partial charge is 0.450 e. The molecule has 2 amide bonds. The number of hydrogen-bond acceptors (Lipinski definition) is 8. The lowest BCUT2D eigenvalue weighted by Gasteiger charge is -2.33. The van der Waals surface area contributed by atoms with Crippen LogP contribution in [0.15, 0.2) is 12.1 Å². The Balaban J connectivity index is 1.53. The van der Waals surface area contributed by atoms with Crippen LogP contribution in [0.4, 0.5) is 10.6 Å². The van der Waals surface area contributed by atoms with Crippen molar-refractivity contribution in [3.8, 4) is 0 Å². The molecule has 2 aliphatic heterocycles. The van der Waals surface area contributed by atoms with Gasteiger partial charge < -0.3 is 19.9 Å². The van der Waals surface area contributed by atoms with E-state index in [1.54, 1.807) is 28.9 Å². The molecule has 1 N–H and O–H groups in total. The highest BCUT2D eigenvalue weighted by Gasteiger charge is 2.29. The number of amides is 2. The van der Waals surface area contributed by atoms with E-state index in [-0.39, 0.29) is 35.2 Å². The van der Waals surface area contributed by atoms with Crippen molar-refractivity contribution in [3.05, 3.63) is 17.8 Å². The molecule has 0 aliphatic carbocycles. The summed E-state index contributed by atoms with van der Waals surface area (Å²) in [5.74, 6) is 0.453. The van der Waals surface area contributed by atoms with Gasteiger partial charge in [0.05, 0.1) is 18.1 Å². The van der Waals surface area contributed by atoms with Crippen LogP contribution in [0.2, 0.25) is 0 Å². The predicted octanol–water partition coefficient (Wildman–Crippen LogP) is -0.0101. The van der Waals surface area contributed by atoms with Crippen molar-refractivity contribution in [2.45, 2.75) is 19.4 Å². The Morgan fingerprint density at radius 2 is 1.89 bits per heavy atom. The molecule has 3 rings (SSSR count). The fourth-order valence-electron chi connectivity index (χ4n) is 3.11. The molecular weight excluding hydrogens is 374 g/mol. The fourth-order valence-corrected chi connectivity index (χ4v) is 4.78. The van der Waals surface area contributed by atoms with Crippen LogP contribution in [0.25, 0.3) is 0 Å². The molecule has 0 radical (unpaired) electrons. The normalized spacial score (nSPS) is 21.7. The lowest BCUT2D eigenvalue weighted by Crippen LogP contribution is -2.50. The van der Waals surface area contributed by atoms with Gasteiger partial charge in [-0.1, -0.05) is 0 Å². The molecule has 1 atom stereocenters. The van der Waals surface area contributed by atoms with Gasteiger partial charge in [0.25, 0.3) is 5.91 Å². The van der Waals surface area contributed by atoms with Crippen molar-refractivity contribution in [2.24, 2.45) is 0 Å². The van der Waals surface area contributed by atoms with Gasteiger partial charge in [-0.3, -0.25) is 4.79 Å². The maximum Gasteiger partial charge on any atom is 0.409 e. The Morgan fingerprint density at radius 1 is 1.19 bits per heavy atom. The SMILES string of the molecule is CCOC(=O)N1CCN(C(=O)c2ccc(NC3CCS(=O)(=O)C3)nn2)CC1. The van der Waals surface area contributed by atoms with Crippen LogP contribution in [0, 0.1) is 0 Å². The van der Waals surface area contributed by atoms with Crippen LogP contribution in [0.1, 0.15) is 23.8 Å². The average Bonchev–Trinajstić information content (AvgIpc) is 3.00. The Morgan fingerprint density at radius 3 is 2.44 bits per heavy atom. The van der Waals surface area contributed by atoms with Crippen molar-refractivity contribution >= 4 is 27.7 Å². The van der Waals surface area contributed by atoms with Crippen molar-refractivity contribution in [1.82, 2.24) is 20.0 Å². The topological polar surface area (TPSA) is 122 Å². The molecular formula is C16H23N5O5S. The highest BCUT2D eigenvalue weighted by molar-refractivity contribution is 7.91. The highest BCUT2D eigenvalue weighted by Crippen LogP contribution is 2.16. The van der Waals surface area contributed by atoms with E-state index in [9.17, 15) is 18.0 Å². The van der Waals surface area contributed by atoms with Gasteiger partial charge >= 0.3 is 6.09 Å². The Bertz CT molecular complexity index is 790. The third-order valence-corrected chi connectivity index (χ3v) is 6.33. The fraction of sp³-hybridized carbons (Fsp3) is 0.625. The van der Waals surface area contributed by atoms with E-state index in [2.05, 4.69) is 15.5 Å². The molecule has 1 unspecified atom stereocenters. The van der Waals surface area contributed by atoms with Crippen molar-refractivity contribution in [3.63, 3.8) is 0 Å². The Kier molecular flexibility index (Phi) is 5.78. The van der Waals surface area contributed by atoms with Gasteiger partial charge in [0.15, 0.2) is 15.5 Å². The number of aromatic nitrogens is 2. The monoisotopic (exact) mass is 397 g/mol. The summed E-state index contributed by atoms with van der Waals surface area (Å²) in [6.07, 6.45) is 0.170. The standard InChI is InChI=1S/C16H23N5O5S/c1-2-26-16(23)21-8-6-20(7-9-21)15(22)13-3-4-14(19-18-13)17-12-5-10-27(24,25)11-12/h3-4,12H,2,5-11H2,1H3,(H,17,19). The molecule has 2 fully saturated rings. The number of nitrogens with zero attached hydrogens (tertiary/aromatic N) is 4. The number of hydrogen-bond donors (Lipinski definition) is 1. The molecule has 11 heteroatoms. The van der Waals surface area contributed by atoms with Crippen molar-refractivity contribution < 1.29 is 22.7 Å². The lowest BCUT2D eigenvalue weighted by atomic mass is 10.2. The molecule has 27 heavy (non-hydrogen) atoms. The maximum atomic E-state index is 12.5. The smallest absolute Gasteiger partial charge is 0.409 e. The minimum atomic E-state index is -2.97. The summed E-state index contributed by atoms with van der Waals surface area (Å²) in [5, 5.41) is 11.0. The van der Waals surface area contributed by atoms with E-state index in [1.165, 1.54) is 0 Å². The molecule has 0 bridgehead atoms. The number of carbonyl (C=O) groups excluding carboxylic acids is 2. The average molecular weight is 397 g/mol. The molecule has 1 aromatic rings. The van der Waals surface area contributed by atoms with E-state index in [0.717, 1.165) is 0 Å². The lowest BCUT2D eigenvalue weighted by molar-refractivity contribution is 0.0565. The van der Waals surface area contributed by atoms with Gasteiger partial charge in [-0.2, -0.15) is 0 Å². The number of carbonyl (C=O) groups is 2. The van der Waals surface area contributed by atoms with E-state index in [4.69, 9.17) is 4.74 Å². The number of rotatable bonds is 4.